The zero-order valence-electron chi connectivity index (χ0n) is 9.53. The fourth-order valence-electron chi connectivity index (χ4n) is 2.26. The van der Waals surface area contributed by atoms with Crippen molar-refractivity contribution in [1.82, 2.24) is 4.57 Å². The van der Waals surface area contributed by atoms with Crippen LogP contribution in [0.4, 0.5) is 0 Å². The molecule has 0 radical (unpaired) electrons. The Morgan fingerprint density at radius 3 is 2.69 bits per heavy atom. The predicted octanol–water partition coefficient (Wildman–Crippen LogP) is 2.14. The fourth-order valence-corrected chi connectivity index (χ4v) is 2.26. The molecule has 1 aromatic heterocycles. The molecular formula is C13H15NO2. The minimum atomic E-state index is 0.0744. The molecule has 1 N–H and O–H groups in total. The van der Waals surface area contributed by atoms with Crippen molar-refractivity contribution in [3.8, 4) is 0 Å². The summed E-state index contributed by atoms with van der Waals surface area (Å²) in [5.41, 5.74) is 2.71. The molecule has 2 rings (SSSR count). The molecule has 16 heavy (non-hydrogen) atoms. The molecule has 0 unspecified atom stereocenters. The molecule has 0 spiro atoms. The summed E-state index contributed by atoms with van der Waals surface area (Å²) in [5.74, 6) is 0.0744. The Morgan fingerprint density at radius 1 is 1.38 bits per heavy atom. The summed E-state index contributed by atoms with van der Waals surface area (Å²) in [4.78, 5) is 11.6. The highest BCUT2D eigenvalue weighted by molar-refractivity contribution is 6.08. The van der Waals surface area contributed by atoms with Crippen LogP contribution in [-0.2, 0) is 6.54 Å². The van der Waals surface area contributed by atoms with Gasteiger partial charge in [0.15, 0.2) is 5.78 Å². The van der Waals surface area contributed by atoms with E-state index in [2.05, 4.69) is 0 Å². The van der Waals surface area contributed by atoms with Gasteiger partial charge in [-0.1, -0.05) is 18.2 Å². The molecular weight excluding hydrogens is 202 g/mol. The van der Waals surface area contributed by atoms with Crippen molar-refractivity contribution < 1.29 is 9.90 Å². The van der Waals surface area contributed by atoms with Crippen LogP contribution in [0.15, 0.2) is 24.3 Å². The number of rotatable bonds is 3. The van der Waals surface area contributed by atoms with Crippen LogP contribution >= 0.6 is 0 Å². The molecule has 0 saturated heterocycles. The third-order valence-corrected chi connectivity index (χ3v) is 2.91. The number of carbonyl (C=O) groups excluding carboxylic acids is 1. The smallest absolute Gasteiger partial charge is 0.162 e. The first-order valence-electron chi connectivity index (χ1n) is 5.36. The van der Waals surface area contributed by atoms with Crippen LogP contribution < -0.4 is 0 Å². The Morgan fingerprint density at radius 2 is 2.06 bits per heavy atom. The van der Waals surface area contributed by atoms with Crippen molar-refractivity contribution in [1.29, 1.82) is 0 Å². The molecule has 0 aliphatic rings. The quantitative estimate of drug-likeness (QED) is 0.800. The van der Waals surface area contributed by atoms with Gasteiger partial charge in [-0.25, -0.2) is 0 Å². The number of hydrogen-bond acceptors (Lipinski definition) is 2. The first-order valence-corrected chi connectivity index (χ1v) is 5.36. The molecule has 0 saturated carbocycles. The number of aliphatic hydroxyl groups is 1. The number of hydrogen-bond donors (Lipinski definition) is 1. The van der Waals surface area contributed by atoms with Gasteiger partial charge in [0, 0.05) is 28.7 Å². The maximum Gasteiger partial charge on any atom is 0.162 e. The topological polar surface area (TPSA) is 42.2 Å². The molecule has 1 heterocycles. The first-order chi connectivity index (χ1) is 7.66. The highest BCUT2D eigenvalue weighted by Crippen LogP contribution is 2.25. The van der Waals surface area contributed by atoms with Crippen LogP contribution in [0.5, 0.6) is 0 Å². The van der Waals surface area contributed by atoms with Crippen molar-refractivity contribution in [2.75, 3.05) is 6.61 Å². The number of aromatic nitrogens is 1. The standard InChI is InChI=1S/C13H15NO2/c1-9-13(10(2)16)11-5-3-4-6-12(11)14(9)7-8-15/h3-6,15H,7-8H2,1-2H3. The summed E-state index contributed by atoms with van der Waals surface area (Å²) < 4.78 is 1.99. The van der Waals surface area contributed by atoms with Gasteiger partial charge in [-0.3, -0.25) is 4.79 Å². The van der Waals surface area contributed by atoms with E-state index < -0.39 is 0 Å². The predicted molar refractivity (Wildman–Crippen MR) is 63.8 cm³/mol. The number of benzene rings is 1. The lowest BCUT2D eigenvalue weighted by Gasteiger charge is -2.05. The van der Waals surface area contributed by atoms with Crippen LogP contribution in [0.25, 0.3) is 10.9 Å². The van der Waals surface area contributed by atoms with Crippen molar-refractivity contribution in [2.45, 2.75) is 20.4 Å². The maximum atomic E-state index is 11.6. The van der Waals surface area contributed by atoms with Crippen LogP contribution in [0.2, 0.25) is 0 Å². The largest absolute Gasteiger partial charge is 0.395 e. The molecule has 0 aliphatic heterocycles. The van der Waals surface area contributed by atoms with Gasteiger partial charge in [0.1, 0.15) is 0 Å². The summed E-state index contributed by atoms with van der Waals surface area (Å²) in [6.45, 7) is 4.11. The number of carbonyl (C=O) groups is 1. The maximum absolute atomic E-state index is 11.6. The lowest BCUT2D eigenvalue weighted by Crippen LogP contribution is -2.05. The minimum Gasteiger partial charge on any atom is -0.395 e. The Hall–Kier alpha value is -1.61. The lowest BCUT2D eigenvalue weighted by atomic mass is 10.1. The van der Waals surface area contributed by atoms with E-state index in [-0.39, 0.29) is 12.4 Å². The Kier molecular flexibility index (Phi) is 2.79. The van der Waals surface area contributed by atoms with Gasteiger partial charge in [-0.2, -0.15) is 0 Å². The lowest BCUT2D eigenvalue weighted by molar-refractivity contribution is 0.101. The van der Waals surface area contributed by atoms with Gasteiger partial charge in [-0.05, 0) is 19.9 Å². The molecule has 0 bridgehead atoms. The third kappa shape index (κ3) is 1.53. The van der Waals surface area contributed by atoms with Crippen LogP contribution in [0.1, 0.15) is 23.0 Å². The number of nitrogens with zero attached hydrogens (tertiary/aromatic N) is 1. The fraction of sp³-hybridized carbons (Fsp3) is 0.308. The van der Waals surface area contributed by atoms with Crippen LogP contribution in [0.3, 0.4) is 0 Å². The number of aliphatic hydroxyl groups excluding tert-OH is 1. The van der Waals surface area contributed by atoms with E-state index in [4.69, 9.17) is 5.11 Å². The summed E-state index contributed by atoms with van der Waals surface area (Å²) in [7, 11) is 0. The average molecular weight is 217 g/mol. The molecule has 3 nitrogen and oxygen atoms in total. The average Bonchev–Trinajstić information content (AvgIpc) is 2.53. The van der Waals surface area contributed by atoms with Crippen molar-refractivity contribution in [3.05, 3.63) is 35.5 Å². The monoisotopic (exact) mass is 217 g/mol. The van der Waals surface area contributed by atoms with E-state index in [1.165, 1.54) is 0 Å². The minimum absolute atomic E-state index is 0.0744. The van der Waals surface area contributed by atoms with E-state index in [0.29, 0.717) is 6.54 Å². The summed E-state index contributed by atoms with van der Waals surface area (Å²) in [6.07, 6.45) is 0. The van der Waals surface area contributed by atoms with Crippen LogP contribution in [0, 0.1) is 6.92 Å². The Balaban J connectivity index is 2.80. The van der Waals surface area contributed by atoms with Gasteiger partial charge in [-0.15, -0.1) is 0 Å². The molecule has 2 aromatic rings. The van der Waals surface area contributed by atoms with Gasteiger partial charge >= 0.3 is 0 Å². The van der Waals surface area contributed by atoms with E-state index in [1.807, 2.05) is 35.8 Å². The molecule has 0 atom stereocenters. The SMILES string of the molecule is CC(=O)c1c(C)n(CCO)c2ccccc12. The molecule has 3 heteroatoms. The zero-order valence-corrected chi connectivity index (χ0v) is 9.53. The van der Waals surface area contributed by atoms with E-state index in [1.54, 1.807) is 6.92 Å². The van der Waals surface area contributed by atoms with E-state index in [0.717, 1.165) is 22.2 Å². The summed E-state index contributed by atoms with van der Waals surface area (Å²) >= 11 is 0. The third-order valence-electron chi connectivity index (χ3n) is 2.91. The molecule has 0 fully saturated rings. The zero-order chi connectivity index (χ0) is 11.7. The first kappa shape index (κ1) is 10.9. The second-order valence-electron chi connectivity index (χ2n) is 3.91. The second-order valence-corrected chi connectivity index (χ2v) is 3.91. The number of Topliss-reactive ketones (excluding diaryl/α,β-unsaturated/α-hetero) is 1. The van der Waals surface area contributed by atoms with Crippen molar-refractivity contribution in [3.63, 3.8) is 0 Å². The summed E-state index contributed by atoms with van der Waals surface area (Å²) in [6, 6.07) is 7.80. The summed E-state index contributed by atoms with van der Waals surface area (Å²) in [5, 5.41) is 10.0. The van der Waals surface area contributed by atoms with Crippen molar-refractivity contribution in [2.24, 2.45) is 0 Å². The van der Waals surface area contributed by atoms with Crippen molar-refractivity contribution >= 4 is 16.7 Å². The second kappa shape index (κ2) is 4.10. The van der Waals surface area contributed by atoms with Gasteiger partial charge < -0.3 is 9.67 Å². The highest BCUT2D eigenvalue weighted by Gasteiger charge is 2.15. The number of ketones is 1. The van der Waals surface area contributed by atoms with E-state index in [9.17, 15) is 4.79 Å². The molecule has 0 amide bonds. The van der Waals surface area contributed by atoms with E-state index >= 15 is 0 Å². The Bertz CT molecular complexity index is 540. The normalized spacial score (nSPS) is 10.9. The molecule has 0 aliphatic carbocycles. The molecule has 84 valence electrons. The van der Waals surface area contributed by atoms with Crippen LogP contribution in [-0.4, -0.2) is 22.1 Å². The molecule has 1 aromatic carbocycles. The number of fused-ring (bicyclic) bond motifs is 1. The Labute approximate surface area is 94.3 Å². The van der Waals surface area contributed by atoms with Gasteiger partial charge in [0.25, 0.3) is 0 Å². The highest BCUT2D eigenvalue weighted by atomic mass is 16.3. The number of para-hydroxylation sites is 1. The van der Waals surface area contributed by atoms with Gasteiger partial charge in [0.2, 0.25) is 0 Å². The van der Waals surface area contributed by atoms with Gasteiger partial charge in [0.05, 0.1) is 6.61 Å².